The van der Waals surface area contributed by atoms with Crippen LogP contribution in [0.1, 0.15) is 6.92 Å². The first-order valence-corrected chi connectivity index (χ1v) is 6.59. The lowest BCUT2D eigenvalue weighted by molar-refractivity contribution is -0.152. The molecule has 0 unspecified atom stereocenters. The predicted octanol–water partition coefficient (Wildman–Crippen LogP) is -3.41. The third-order valence-electron chi connectivity index (χ3n) is 2.60. The van der Waals surface area contributed by atoms with E-state index in [9.17, 15) is 9.59 Å². The first kappa shape index (κ1) is 27.3. The van der Waals surface area contributed by atoms with Crippen molar-refractivity contribution < 1.29 is 50.2 Å². The molecule has 0 spiro atoms. The summed E-state index contributed by atoms with van der Waals surface area (Å²) in [6.07, 6.45) is 0. The molecular formula is C13H27NO10. The Morgan fingerprint density at radius 1 is 1.00 bits per heavy atom. The maximum atomic E-state index is 10.3. The second kappa shape index (κ2) is 16.3. The summed E-state index contributed by atoms with van der Waals surface area (Å²) >= 11 is 0. The second-order valence-electron chi connectivity index (χ2n) is 4.72. The molecule has 0 radical (unpaired) electrons. The molecule has 24 heavy (non-hydrogen) atoms. The zero-order valence-electron chi connectivity index (χ0n) is 13.5. The van der Waals surface area contributed by atoms with E-state index in [-0.39, 0.29) is 5.57 Å². The van der Waals surface area contributed by atoms with Gasteiger partial charge >= 0.3 is 11.9 Å². The van der Waals surface area contributed by atoms with Crippen LogP contribution in [0, 0.1) is 11.3 Å². The third kappa shape index (κ3) is 12.9. The first-order chi connectivity index (χ1) is 11.1. The second-order valence-corrected chi connectivity index (χ2v) is 4.72. The van der Waals surface area contributed by atoms with E-state index in [1.165, 1.54) is 6.92 Å². The first-order valence-electron chi connectivity index (χ1n) is 6.59. The van der Waals surface area contributed by atoms with Gasteiger partial charge < -0.3 is 40.6 Å². The van der Waals surface area contributed by atoms with E-state index < -0.39 is 62.9 Å². The summed E-state index contributed by atoms with van der Waals surface area (Å²) in [5.74, 6) is 1.80. The molecule has 11 heteroatoms. The molecule has 0 amide bonds. The van der Waals surface area contributed by atoms with Crippen molar-refractivity contribution in [3.8, 4) is 0 Å². The van der Waals surface area contributed by atoms with Crippen LogP contribution in [0.3, 0.4) is 0 Å². The highest BCUT2D eigenvalue weighted by atomic mass is 16.7. The molecule has 11 nitrogen and oxygen atoms in total. The van der Waals surface area contributed by atoms with Crippen molar-refractivity contribution in [1.29, 1.82) is 0 Å². The number of hydrogen-bond acceptors (Lipinski definition) is 10. The summed E-state index contributed by atoms with van der Waals surface area (Å²) in [7, 11) is 0. The largest absolute Gasteiger partial charge is 0.478 e. The van der Waals surface area contributed by atoms with Crippen molar-refractivity contribution in [3.05, 3.63) is 12.2 Å². The number of carbonyl (C=O) groups excluding carboxylic acids is 1. The molecule has 0 atom stereocenters. The molecule has 0 heterocycles. The van der Waals surface area contributed by atoms with Crippen molar-refractivity contribution in [2.24, 2.45) is 17.2 Å². The van der Waals surface area contributed by atoms with Gasteiger partial charge in [0.1, 0.15) is 5.92 Å². The van der Waals surface area contributed by atoms with E-state index in [0.717, 1.165) is 0 Å². The monoisotopic (exact) mass is 357 g/mol. The molecule has 0 rings (SSSR count). The highest BCUT2D eigenvalue weighted by Crippen LogP contribution is 2.11. The Labute approximate surface area is 139 Å². The smallest absolute Gasteiger partial charge is 0.332 e. The number of hydrogen-bond donors (Lipinski definition) is 8. The van der Waals surface area contributed by atoms with Crippen LogP contribution in [-0.2, 0) is 14.4 Å². The lowest BCUT2D eigenvalue weighted by atomic mass is 9.93. The fourth-order valence-electron chi connectivity index (χ4n) is 0.603. The molecular weight excluding hydrogens is 330 g/mol. The quantitative estimate of drug-likeness (QED) is 0.158. The minimum atomic E-state index is -1.11. The van der Waals surface area contributed by atoms with Crippen molar-refractivity contribution in [3.63, 3.8) is 0 Å². The summed E-state index contributed by atoms with van der Waals surface area (Å²) in [6.45, 7) is 2.07. The highest BCUT2D eigenvalue weighted by Gasteiger charge is 2.26. The van der Waals surface area contributed by atoms with Gasteiger partial charge in [0.2, 0.25) is 0 Å². The average molecular weight is 357 g/mol. The van der Waals surface area contributed by atoms with Gasteiger partial charge in [-0.05, 0) is 6.92 Å². The van der Waals surface area contributed by atoms with Gasteiger partial charge in [0.05, 0.1) is 45.1 Å². The maximum absolute atomic E-state index is 10.3. The maximum Gasteiger partial charge on any atom is 0.332 e. The fourth-order valence-corrected chi connectivity index (χ4v) is 0.603. The summed E-state index contributed by atoms with van der Waals surface area (Å²) in [4.78, 5) is 23.6. The zero-order valence-corrected chi connectivity index (χ0v) is 13.5. The van der Waals surface area contributed by atoms with Crippen LogP contribution >= 0.6 is 0 Å². The molecule has 0 aromatic carbocycles. The number of aliphatic carboxylic acids is 1. The number of rotatable bonds is 8. The number of carboxylic acid groups (broad SMARTS) is 1. The molecule has 9 N–H and O–H groups in total. The van der Waals surface area contributed by atoms with Gasteiger partial charge in [-0.2, -0.15) is 5.90 Å². The SMILES string of the molecule is C=C(C)C(=O)O.NOC(=O)C(CO)CO.OCC(CO)(CO)CO. The van der Waals surface area contributed by atoms with E-state index in [0.29, 0.717) is 0 Å². The van der Waals surface area contributed by atoms with E-state index in [1.54, 1.807) is 0 Å². The van der Waals surface area contributed by atoms with Crippen LogP contribution in [0.25, 0.3) is 0 Å². The molecule has 0 aliphatic heterocycles. The molecule has 0 saturated carbocycles. The van der Waals surface area contributed by atoms with Gasteiger partial charge in [0.15, 0.2) is 0 Å². The van der Waals surface area contributed by atoms with Crippen LogP contribution in [-0.4, -0.2) is 87.3 Å². The third-order valence-corrected chi connectivity index (χ3v) is 2.60. The Bertz CT molecular complexity index is 323. The molecule has 0 aliphatic rings. The van der Waals surface area contributed by atoms with E-state index >= 15 is 0 Å². The lowest BCUT2D eigenvalue weighted by Gasteiger charge is -2.23. The summed E-state index contributed by atoms with van der Waals surface area (Å²) in [5, 5.41) is 58.5. The van der Waals surface area contributed by atoms with Crippen LogP contribution in [0.4, 0.5) is 0 Å². The summed E-state index contributed by atoms with van der Waals surface area (Å²) < 4.78 is 0. The molecule has 0 saturated heterocycles. The van der Waals surface area contributed by atoms with Crippen LogP contribution in [0.2, 0.25) is 0 Å². The molecule has 0 aromatic heterocycles. The van der Waals surface area contributed by atoms with Crippen LogP contribution in [0.5, 0.6) is 0 Å². The van der Waals surface area contributed by atoms with Crippen molar-refractivity contribution in [2.45, 2.75) is 6.92 Å². The van der Waals surface area contributed by atoms with Crippen LogP contribution in [0.15, 0.2) is 12.2 Å². The zero-order chi connectivity index (χ0) is 19.8. The Morgan fingerprint density at radius 3 is 1.33 bits per heavy atom. The van der Waals surface area contributed by atoms with Gasteiger partial charge in [-0.25, -0.2) is 9.59 Å². The number of carboxylic acids is 1. The Balaban J connectivity index is -0.000000282. The minimum Gasteiger partial charge on any atom is -0.478 e. The van der Waals surface area contributed by atoms with Crippen molar-refractivity contribution in [2.75, 3.05) is 39.6 Å². The minimum absolute atomic E-state index is 0.176. The molecule has 144 valence electrons. The van der Waals surface area contributed by atoms with Crippen LogP contribution < -0.4 is 5.90 Å². The number of aliphatic hydroxyl groups is 6. The van der Waals surface area contributed by atoms with E-state index in [2.05, 4.69) is 17.3 Å². The summed E-state index contributed by atoms with van der Waals surface area (Å²) in [5.41, 5.74) is -0.935. The van der Waals surface area contributed by atoms with E-state index in [4.69, 9.17) is 35.7 Å². The standard InChI is InChI=1S/C5H12O4.C4H9NO4.C4H6O2/c6-1-5(2-7,3-8)4-9;5-9-4(8)3(1-6)2-7;1-3(2)4(5)6/h6-9H,1-4H2;3,6-7H,1-2,5H2;1H2,2H3,(H,5,6). The normalized spacial score (nSPS) is 10.0. The fraction of sp³-hybridized carbons (Fsp3) is 0.692. The van der Waals surface area contributed by atoms with Crippen molar-refractivity contribution in [1.82, 2.24) is 0 Å². The number of aliphatic hydroxyl groups excluding tert-OH is 6. The van der Waals surface area contributed by atoms with Gasteiger partial charge in [-0.3, -0.25) is 0 Å². The summed E-state index contributed by atoms with van der Waals surface area (Å²) in [6, 6.07) is 0. The average Bonchev–Trinajstić information content (AvgIpc) is 2.59. The Kier molecular flexibility index (Phi) is 18.5. The molecule has 0 fully saturated rings. The lowest BCUT2D eigenvalue weighted by Crippen LogP contribution is -2.37. The number of nitrogens with two attached hydrogens (primary N) is 1. The molecule has 0 aliphatic carbocycles. The highest BCUT2D eigenvalue weighted by molar-refractivity contribution is 5.84. The molecule has 0 aromatic rings. The number of carbonyl (C=O) groups is 2. The van der Waals surface area contributed by atoms with Gasteiger partial charge in [0.25, 0.3) is 0 Å². The van der Waals surface area contributed by atoms with Gasteiger partial charge in [-0.15, -0.1) is 0 Å². The Morgan fingerprint density at radius 2 is 1.29 bits per heavy atom. The molecule has 0 bridgehead atoms. The Hall–Kier alpha value is -1.60. The topological polar surface area (TPSA) is 211 Å². The van der Waals surface area contributed by atoms with E-state index in [1.807, 2.05) is 0 Å². The predicted molar refractivity (Wildman–Crippen MR) is 81.2 cm³/mol. The van der Waals surface area contributed by atoms with Gasteiger partial charge in [-0.1, -0.05) is 6.58 Å². The van der Waals surface area contributed by atoms with Gasteiger partial charge in [0, 0.05) is 5.57 Å². The van der Waals surface area contributed by atoms with Crippen molar-refractivity contribution >= 4 is 11.9 Å².